The highest BCUT2D eigenvalue weighted by Crippen LogP contribution is 2.28. The number of hydrogen-bond donors (Lipinski definition) is 3. The van der Waals surface area contributed by atoms with E-state index >= 15 is 0 Å². The average Bonchev–Trinajstić information content (AvgIpc) is 3.34. The van der Waals surface area contributed by atoms with Gasteiger partial charge in [0, 0.05) is 31.7 Å². The summed E-state index contributed by atoms with van der Waals surface area (Å²) in [6.07, 6.45) is 4.55. The summed E-state index contributed by atoms with van der Waals surface area (Å²) in [7, 11) is 0. The lowest BCUT2D eigenvalue weighted by Gasteiger charge is -2.07. The summed E-state index contributed by atoms with van der Waals surface area (Å²) in [6, 6.07) is 3.53. The van der Waals surface area contributed by atoms with E-state index < -0.39 is 0 Å². The highest BCUT2D eigenvalue weighted by molar-refractivity contribution is 5.94. The molecule has 0 aliphatic heterocycles. The highest BCUT2D eigenvalue weighted by atomic mass is 16.2. The van der Waals surface area contributed by atoms with Crippen molar-refractivity contribution in [2.24, 2.45) is 5.92 Å². The monoisotopic (exact) mass is 290 g/mol. The first kappa shape index (κ1) is 15.3. The Labute approximate surface area is 124 Å². The van der Waals surface area contributed by atoms with Gasteiger partial charge >= 0.3 is 0 Å². The van der Waals surface area contributed by atoms with Crippen molar-refractivity contribution in [3.05, 3.63) is 23.9 Å². The standard InChI is InChI=1S/C15H22N4O2/c1-2-7-16-13-6-5-12(10-19-13)15(21)18-9-8-17-14(20)11-3-4-11/h5-6,10-11H,2-4,7-9H2,1H3,(H,16,19)(H,17,20)(H,18,21). The number of amides is 2. The van der Waals surface area contributed by atoms with Crippen LogP contribution in [-0.4, -0.2) is 36.4 Å². The van der Waals surface area contributed by atoms with Crippen molar-refractivity contribution >= 4 is 17.6 Å². The normalized spacial score (nSPS) is 13.6. The molecule has 0 aromatic carbocycles. The lowest BCUT2D eigenvalue weighted by atomic mass is 10.2. The molecule has 2 amide bonds. The van der Waals surface area contributed by atoms with Crippen molar-refractivity contribution in [1.82, 2.24) is 15.6 Å². The van der Waals surface area contributed by atoms with E-state index in [1.807, 2.05) is 0 Å². The van der Waals surface area contributed by atoms with E-state index in [1.165, 1.54) is 0 Å². The van der Waals surface area contributed by atoms with Gasteiger partial charge in [-0.2, -0.15) is 0 Å². The maximum Gasteiger partial charge on any atom is 0.252 e. The second kappa shape index (κ2) is 7.61. The second-order valence-corrected chi connectivity index (χ2v) is 5.18. The number of carbonyl (C=O) groups excluding carboxylic acids is 2. The van der Waals surface area contributed by atoms with Crippen LogP contribution >= 0.6 is 0 Å². The minimum Gasteiger partial charge on any atom is -0.370 e. The third-order valence-corrected chi connectivity index (χ3v) is 3.24. The highest BCUT2D eigenvalue weighted by Gasteiger charge is 2.28. The van der Waals surface area contributed by atoms with Crippen LogP contribution in [0.3, 0.4) is 0 Å². The van der Waals surface area contributed by atoms with E-state index in [4.69, 9.17) is 0 Å². The number of rotatable bonds is 8. The van der Waals surface area contributed by atoms with Crippen molar-refractivity contribution in [3.8, 4) is 0 Å². The predicted molar refractivity (Wildman–Crippen MR) is 81.1 cm³/mol. The summed E-state index contributed by atoms with van der Waals surface area (Å²) in [5, 5.41) is 8.72. The van der Waals surface area contributed by atoms with Crippen molar-refractivity contribution in [2.45, 2.75) is 26.2 Å². The van der Waals surface area contributed by atoms with E-state index in [2.05, 4.69) is 27.9 Å². The molecule has 0 saturated heterocycles. The number of nitrogens with one attached hydrogen (secondary N) is 3. The first-order valence-electron chi connectivity index (χ1n) is 7.46. The molecule has 2 rings (SSSR count). The molecule has 6 nitrogen and oxygen atoms in total. The maximum absolute atomic E-state index is 11.9. The van der Waals surface area contributed by atoms with E-state index in [0.29, 0.717) is 18.7 Å². The Morgan fingerprint density at radius 3 is 2.57 bits per heavy atom. The molecule has 1 aromatic heterocycles. The number of carbonyl (C=O) groups is 2. The Morgan fingerprint density at radius 1 is 1.19 bits per heavy atom. The number of hydrogen-bond acceptors (Lipinski definition) is 4. The Morgan fingerprint density at radius 2 is 1.95 bits per heavy atom. The molecule has 3 N–H and O–H groups in total. The zero-order valence-corrected chi connectivity index (χ0v) is 12.3. The summed E-state index contributed by atoms with van der Waals surface area (Å²) in [5.74, 6) is 0.889. The first-order valence-corrected chi connectivity index (χ1v) is 7.46. The lowest BCUT2D eigenvalue weighted by molar-refractivity contribution is -0.122. The molecule has 1 saturated carbocycles. The predicted octanol–water partition coefficient (Wildman–Crippen LogP) is 1.16. The molecule has 0 atom stereocenters. The zero-order valence-electron chi connectivity index (χ0n) is 12.3. The Bertz CT molecular complexity index is 483. The van der Waals surface area contributed by atoms with Gasteiger partial charge in [-0.3, -0.25) is 9.59 Å². The van der Waals surface area contributed by atoms with Gasteiger partial charge in [-0.15, -0.1) is 0 Å². The van der Waals surface area contributed by atoms with Gasteiger partial charge < -0.3 is 16.0 Å². The number of aromatic nitrogens is 1. The summed E-state index contributed by atoms with van der Waals surface area (Å²) in [5.41, 5.74) is 0.519. The van der Waals surface area contributed by atoms with Gasteiger partial charge in [0.2, 0.25) is 5.91 Å². The number of pyridine rings is 1. The topological polar surface area (TPSA) is 83.1 Å². The molecule has 114 valence electrons. The van der Waals surface area contributed by atoms with Gasteiger partial charge in [0.1, 0.15) is 5.82 Å². The zero-order chi connectivity index (χ0) is 15.1. The van der Waals surface area contributed by atoms with Crippen LogP contribution in [0.4, 0.5) is 5.82 Å². The summed E-state index contributed by atoms with van der Waals surface area (Å²) < 4.78 is 0. The van der Waals surface area contributed by atoms with Gasteiger partial charge in [-0.25, -0.2) is 4.98 Å². The second-order valence-electron chi connectivity index (χ2n) is 5.18. The molecule has 0 radical (unpaired) electrons. The quantitative estimate of drug-likeness (QED) is 0.627. The Kier molecular flexibility index (Phi) is 5.54. The van der Waals surface area contributed by atoms with Crippen LogP contribution in [0.2, 0.25) is 0 Å². The van der Waals surface area contributed by atoms with Gasteiger partial charge in [0.05, 0.1) is 5.56 Å². The first-order chi connectivity index (χ1) is 10.2. The fourth-order valence-electron chi connectivity index (χ4n) is 1.84. The molecule has 0 spiro atoms. The minimum atomic E-state index is -0.176. The van der Waals surface area contributed by atoms with Crippen molar-refractivity contribution in [2.75, 3.05) is 25.0 Å². The van der Waals surface area contributed by atoms with Crippen LogP contribution < -0.4 is 16.0 Å². The fraction of sp³-hybridized carbons (Fsp3) is 0.533. The minimum absolute atomic E-state index is 0.0947. The summed E-state index contributed by atoms with van der Waals surface area (Å²) >= 11 is 0. The van der Waals surface area contributed by atoms with Crippen LogP contribution in [0, 0.1) is 5.92 Å². The molecule has 1 aliphatic rings. The van der Waals surface area contributed by atoms with Crippen molar-refractivity contribution in [3.63, 3.8) is 0 Å². The van der Waals surface area contributed by atoms with Crippen LogP contribution in [-0.2, 0) is 4.79 Å². The van der Waals surface area contributed by atoms with Gasteiger partial charge in [0.15, 0.2) is 0 Å². The third kappa shape index (κ3) is 5.06. The SMILES string of the molecule is CCCNc1ccc(C(=O)NCCNC(=O)C2CC2)cn1. The van der Waals surface area contributed by atoms with E-state index in [0.717, 1.165) is 31.6 Å². The van der Waals surface area contributed by atoms with Crippen LogP contribution in [0.5, 0.6) is 0 Å². The van der Waals surface area contributed by atoms with Crippen molar-refractivity contribution in [1.29, 1.82) is 0 Å². The van der Waals surface area contributed by atoms with Crippen LogP contribution in [0.1, 0.15) is 36.5 Å². The van der Waals surface area contributed by atoms with E-state index in [1.54, 1.807) is 18.3 Å². The van der Waals surface area contributed by atoms with E-state index in [-0.39, 0.29) is 17.7 Å². The largest absolute Gasteiger partial charge is 0.370 e. The molecule has 0 bridgehead atoms. The number of anilines is 1. The average molecular weight is 290 g/mol. The van der Waals surface area contributed by atoms with Gasteiger partial charge in [-0.1, -0.05) is 6.92 Å². The maximum atomic E-state index is 11.9. The smallest absolute Gasteiger partial charge is 0.252 e. The molecule has 0 unspecified atom stereocenters. The van der Waals surface area contributed by atoms with Crippen LogP contribution in [0.15, 0.2) is 18.3 Å². The van der Waals surface area contributed by atoms with Gasteiger partial charge in [0.25, 0.3) is 5.91 Å². The molecular weight excluding hydrogens is 268 g/mol. The van der Waals surface area contributed by atoms with Crippen LogP contribution in [0.25, 0.3) is 0 Å². The number of nitrogens with zero attached hydrogens (tertiary/aromatic N) is 1. The molecule has 1 aliphatic carbocycles. The Hall–Kier alpha value is -2.11. The van der Waals surface area contributed by atoms with Crippen molar-refractivity contribution < 1.29 is 9.59 Å². The fourth-order valence-corrected chi connectivity index (χ4v) is 1.84. The molecule has 1 aromatic rings. The molecule has 21 heavy (non-hydrogen) atoms. The molecule has 1 heterocycles. The molecule has 1 fully saturated rings. The summed E-state index contributed by atoms with van der Waals surface area (Å²) in [4.78, 5) is 27.5. The molecular formula is C15H22N4O2. The lowest BCUT2D eigenvalue weighted by Crippen LogP contribution is -2.35. The van der Waals surface area contributed by atoms with E-state index in [9.17, 15) is 9.59 Å². The van der Waals surface area contributed by atoms with Gasteiger partial charge in [-0.05, 0) is 31.4 Å². The molecule has 6 heteroatoms. The Balaban J connectivity index is 1.68. The summed E-state index contributed by atoms with van der Waals surface area (Å²) in [6.45, 7) is 3.83. The third-order valence-electron chi connectivity index (χ3n) is 3.24.